The molecule has 25 heavy (non-hydrogen) atoms. The third kappa shape index (κ3) is 5.09. The van der Waals surface area contributed by atoms with Crippen LogP contribution in [0.15, 0.2) is 28.6 Å². The summed E-state index contributed by atoms with van der Waals surface area (Å²) in [4.78, 5) is 8.74. The molecule has 2 aromatic rings. The second kappa shape index (κ2) is 8.71. The van der Waals surface area contributed by atoms with E-state index in [0.717, 1.165) is 55.5 Å². The van der Waals surface area contributed by atoms with Crippen molar-refractivity contribution in [2.75, 3.05) is 26.9 Å². The fourth-order valence-corrected chi connectivity index (χ4v) is 3.42. The van der Waals surface area contributed by atoms with Gasteiger partial charge in [0, 0.05) is 37.6 Å². The van der Waals surface area contributed by atoms with E-state index in [-0.39, 0.29) is 0 Å². The van der Waals surface area contributed by atoms with Gasteiger partial charge in [0.15, 0.2) is 17.5 Å². The summed E-state index contributed by atoms with van der Waals surface area (Å²) in [5, 5.41) is 9.98. The number of nitrogens with one attached hydrogen (secondary N) is 2. The fraction of sp³-hybridized carbons (Fsp3) is 0.444. The van der Waals surface area contributed by atoms with Gasteiger partial charge in [0.1, 0.15) is 0 Å². The van der Waals surface area contributed by atoms with Gasteiger partial charge in [-0.1, -0.05) is 6.07 Å². The molecule has 0 bridgehead atoms. The third-order valence-electron chi connectivity index (χ3n) is 3.89. The molecule has 2 N–H and O–H groups in total. The van der Waals surface area contributed by atoms with Gasteiger partial charge in [-0.25, -0.2) is 4.98 Å². The van der Waals surface area contributed by atoms with Gasteiger partial charge < -0.3 is 20.1 Å². The average molecular weight is 360 g/mol. The Morgan fingerprint density at radius 1 is 1.20 bits per heavy atom. The second-order valence-corrected chi connectivity index (χ2v) is 6.79. The molecule has 7 heteroatoms. The van der Waals surface area contributed by atoms with Crippen molar-refractivity contribution in [3.8, 4) is 11.5 Å². The van der Waals surface area contributed by atoms with Crippen LogP contribution in [-0.2, 0) is 12.8 Å². The molecule has 2 heterocycles. The average Bonchev–Trinajstić information content (AvgIpc) is 3.25. The minimum absolute atomic E-state index is 0.314. The minimum atomic E-state index is 0.314. The lowest BCUT2D eigenvalue weighted by Crippen LogP contribution is -2.38. The van der Waals surface area contributed by atoms with Gasteiger partial charge in [-0.15, -0.1) is 11.3 Å². The first-order valence-electron chi connectivity index (χ1n) is 8.48. The maximum absolute atomic E-state index is 5.41. The van der Waals surface area contributed by atoms with Crippen LogP contribution in [0.3, 0.4) is 0 Å². The van der Waals surface area contributed by atoms with E-state index in [1.807, 2.05) is 19.1 Å². The van der Waals surface area contributed by atoms with Crippen LogP contribution in [0.4, 0.5) is 0 Å². The summed E-state index contributed by atoms with van der Waals surface area (Å²) in [6.07, 6.45) is 2.94. The van der Waals surface area contributed by atoms with Crippen LogP contribution < -0.4 is 20.1 Å². The Labute approximate surface area is 152 Å². The summed E-state index contributed by atoms with van der Waals surface area (Å²) < 4.78 is 10.7. The van der Waals surface area contributed by atoms with Gasteiger partial charge in [-0.05, 0) is 37.5 Å². The number of nitrogens with zero attached hydrogens (tertiary/aromatic N) is 2. The molecular weight excluding hydrogens is 336 g/mol. The van der Waals surface area contributed by atoms with Crippen molar-refractivity contribution in [2.45, 2.75) is 26.2 Å². The van der Waals surface area contributed by atoms with E-state index in [2.05, 4.69) is 32.1 Å². The molecule has 0 aliphatic carbocycles. The summed E-state index contributed by atoms with van der Waals surface area (Å²) >= 11 is 1.73. The van der Waals surface area contributed by atoms with Crippen molar-refractivity contribution in [1.82, 2.24) is 15.6 Å². The molecule has 1 aromatic carbocycles. The monoisotopic (exact) mass is 360 g/mol. The summed E-state index contributed by atoms with van der Waals surface area (Å²) in [6, 6.07) is 6.07. The van der Waals surface area contributed by atoms with Crippen molar-refractivity contribution in [3.63, 3.8) is 0 Å². The Balaban J connectivity index is 1.35. The number of thiazole rings is 1. The van der Waals surface area contributed by atoms with E-state index in [1.54, 1.807) is 18.4 Å². The minimum Gasteiger partial charge on any atom is -0.454 e. The highest BCUT2D eigenvalue weighted by Crippen LogP contribution is 2.32. The lowest BCUT2D eigenvalue weighted by molar-refractivity contribution is 0.174. The van der Waals surface area contributed by atoms with Crippen molar-refractivity contribution < 1.29 is 9.47 Å². The molecule has 134 valence electrons. The van der Waals surface area contributed by atoms with E-state index in [4.69, 9.17) is 9.47 Å². The topological polar surface area (TPSA) is 67.8 Å². The molecular formula is C18H24N4O2S. The maximum atomic E-state index is 5.41. The van der Waals surface area contributed by atoms with Crippen LogP contribution in [-0.4, -0.2) is 37.9 Å². The van der Waals surface area contributed by atoms with E-state index in [1.165, 1.54) is 10.6 Å². The zero-order valence-corrected chi connectivity index (χ0v) is 15.5. The van der Waals surface area contributed by atoms with Gasteiger partial charge in [-0.3, -0.25) is 4.99 Å². The van der Waals surface area contributed by atoms with E-state index < -0.39 is 0 Å². The first kappa shape index (κ1) is 17.5. The van der Waals surface area contributed by atoms with Gasteiger partial charge in [0.25, 0.3) is 0 Å². The zero-order valence-electron chi connectivity index (χ0n) is 14.7. The zero-order chi connectivity index (χ0) is 17.5. The highest BCUT2D eigenvalue weighted by Gasteiger charge is 2.12. The normalized spacial score (nSPS) is 13.1. The summed E-state index contributed by atoms with van der Waals surface area (Å²) in [6.45, 7) is 4.03. The molecule has 0 saturated carbocycles. The lowest BCUT2D eigenvalue weighted by Gasteiger charge is -2.11. The number of aryl methyl sites for hydroxylation is 2. The van der Waals surface area contributed by atoms with Crippen LogP contribution in [0.2, 0.25) is 0 Å². The number of fused-ring (bicyclic) bond motifs is 1. The molecule has 3 rings (SSSR count). The number of hydrogen-bond acceptors (Lipinski definition) is 5. The summed E-state index contributed by atoms with van der Waals surface area (Å²) in [7, 11) is 1.79. The maximum Gasteiger partial charge on any atom is 0.231 e. The van der Waals surface area contributed by atoms with Gasteiger partial charge in [0.2, 0.25) is 6.79 Å². The largest absolute Gasteiger partial charge is 0.454 e. The Morgan fingerprint density at radius 2 is 2.04 bits per heavy atom. The first-order chi connectivity index (χ1) is 12.2. The molecule has 0 amide bonds. The molecule has 1 aromatic heterocycles. The van der Waals surface area contributed by atoms with Crippen LogP contribution >= 0.6 is 11.3 Å². The number of ether oxygens (including phenoxy) is 2. The quantitative estimate of drug-likeness (QED) is 0.451. The molecule has 0 unspecified atom stereocenters. The van der Waals surface area contributed by atoms with Crippen molar-refractivity contribution in [1.29, 1.82) is 0 Å². The highest BCUT2D eigenvalue weighted by atomic mass is 32.1. The van der Waals surface area contributed by atoms with Gasteiger partial charge >= 0.3 is 0 Å². The molecule has 0 radical (unpaired) electrons. The Hall–Kier alpha value is -2.28. The molecule has 0 fully saturated rings. The van der Waals surface area contributed by atoms with Crippen LogP contribution in [0.5, 0.6) is 11.5 Å². The van der Waals surface area contributed by atoms with E-state index >= 15 is 0 Å². The van der Waals surface area contributed by atoms with Crippen molar-refractivity contribution >= 4 is 17.3 Å². The molecule has 1 aliphatic rings. The number of hydrogen-bond donors (Lipinski definition) is 2. The van der Waals surface area contributed by atoms with Crippen LogP contribution in [0, 0.1) is 6.92 Å². The molecule has 0 atom stereocenters. The number of guanidine groups is 1. The fourth-order valence-electron chi connectivity index (χ4n) is 2.61. The summed E-state index contributed by atoms with van der Waals surface area (Å²) in [5.74, 6) is 2.48. The number of rotatable bonds is 7. The molecule has 1 aliphatic heterocycles. The smallest absolute Gasteiger partial charge is 0.231 e. The Bertz CT molecular complexity index is 730. The van der Waals surface area contributed by atoms with Crippen molar-refractivity contribution in [2.24, 2.45) is 4.99 Å². The summed E-state index contributed by atoms with van der Waals surface area (Å²) in [5.41, 5.74) is 2.32. The van der Waals surface area contributed by atoms with Crippen LogP contribution in [0.25, 0.3) is 0 Å². The van der Waals surface area contributed by atoms with Crippen LogP contribution in [0.1, 0.15) is 22.7 Å². The molecule has 0 spiro atoms. The molecule has 0 saturated heterocycles. The standard InChI is InChI=1S/C18H24N4O2S/c1-13-11-25-17(22-13)4-3-8-20-18(19-2)21-9-7-14-5-6-15-16(10-14)24-12-23-15/h5-6,10-11H,3-4,7-9,12H2,1-2H3,(H2,19,20,21). The molecule has 6 nitrogen and oxygen atoms in total. The van der Waals surface area contributed by atoms with Crippen molar-refractivity contribution in [3.05, 3.63) is 39.8 Å². The highest BCUT2D eigenvalue weighted by molar-refractivity contribution is 7.09. The lowest BCUT2D eigenvalue weighted by atomic mass is 10.1. The predicted molar refractivity (Wildman–Crippen MR) is 101 cm³/mol. The number of aromatic nitrogens is 1. The Kier molecular flexibility index (Phi) is 6.11. The second-order valence-electron chi connectivity index (χ2n) is 5.85. The SMILES string of the molecule is CN=C(NCCCc1nc(C)cs1)NCCc1ccc2c(c1)OCO2. The first-order valence-corrected chi connectivity index (χ1v) is 9.36. The number of benzene rings is 1. The number of aliphatic imine (C=N–C) groups is 1. The Morgan fingerprint density at radius 3 is 2.84 bits per heavy atom. The van der Waals surface area contributed by atoms with Gasteiger partial charge in [-0.2, -0.15) is 0 Å². The third-order valence-corrected chi connectivity index (χ3v) is 4.92. The van der Waals surface area contributed by atoms with E-state index in [9.17, 15) is 0 Å². The van der Waals surface area contributed by atoms with E-state index in [0.29, 0.717) is 6.79 Å². The predicted octanol–water partition coefficient (Wildman–Crippen LogP) is 2.52. The van der Waals surface area contributed by atoms with Gasteiger partial charge in [0.05, 0.1) is 5.01 Å².